The van der Waals surface area contributed by atoms with E-state index in [0.717, 1.165) is 25.9 Å². The Labute approximate surface area is 170 Å². The van der Waals surface area contributed by atoms with Crippen LogP contribution in [0.5, 0.6) is 0 Å². The number of carbonyl (C=O) groups excluding carboxylic acids is 1. The average Bonchev–Trinajstić information content (AvgIpc) is 2.69. The van der Waals surface area contributed by atoms with E-state index in [4.69, 9.17) is 0 Å². The van der Waals surface area contributed by atoms with Crippen LogP contribution in [-0.2, 0) is 10.0 Å². The zero-order valence-electron chi connectivity index (χ0n) is 15.2. The van der Waals surface area contributed by atoms with Gasteiger partial charge in [-0.3, -0.25) is 9.52 Å². The first-order valence-corrected chi connectivity index (χ1v) is 10.3. The summed E-state index contributed by atoms with van der Waals surface area (Å²) in [6.45, 7) is 2.40. The lowest BCUT2D eigenvalue weighted by atomic mass is 10.00. The van der Waals surface area contributed by atoms with Crippen LogP contribution in [0.25, 0.3) is 0 Å². The van der Waals surface area contributed by atoms with Crippen LogP contribution in [-0.4, -0.2) is 34.0 Å². The van der Waals surface area contributed by atoms with E-state index in [1.165, 1.54) is 42.5 Å². The van der Waals surface area contributed by atoms with Crippen molar-refractivity contribution in [2.45, 2.75) is 17.7 Å². The molecular weight excluding hydrogens is 405 g/mol. The molecule has 2 aromatic rings. The Kier molecular flexibility index (Phi) is 7.79. The molecule has 1 saturated heterocycles. The first-order valence-electron chi connectivity index (χ1n) is 8.82. The lowest BCUT2D eigenvalue weighted by Gasteiger charge is -2.22. The Hall–Kier alpha value is -2.16. The summed E-state index contributed by atoms with van der Waals surface area (Å²) >= 11 is 0. The number of anilines is 1. The lowest BCUT2D eigenvalue weighted by molar-refractivity contribution is 0.0944. The maximum absolute atomic E-state index is 13.7. The predicted octanol–water partition coefficient (Wildman–Crippen LogP) is 2.78. The lowest BCUT2D eigenvalue weighted by Crippen LogP contribution is -2.38. The van der Waals surface area contributed by atoms with Crippen LogP contribution >= 0.6 is 12.4 Å². The maximum atomic E-state index is 13.7. The number of hydrogen-bond acceptors (Lipinski definition) is 4. The van der Waals surface area contributed by atoms with Crippen molar-refractivity contribution in [3.63, 3.8) is 0 Å². The first kappa shape index (κ1) is 22.1. The minimum absolute atomic E-state index is 0. The summed E-state index contributed by atoms with van der Waals surface area (Å²) in [7, 11) is -4.01. The second-order valence-electron chi connectivity index (χ2n) is 6.54. The van der Waals surface area contributed by atoms with Crippen molar-refractivity contribution in [3.8, 4) is 0 Å². The summed E-state index contributed by atoms with van der Waals surface area (Å²) in [6.07, 6.45) is 2.13. The smallest absolute Gasteiger partial charge is 0.262 e. The second kappa shape index (κ2) is 9.86. The van der Waals surface area contributed by atoms with Crippen LogP contribution in [0.1, 0.15) is 23.2 Å². The molecule has 1 fully saturated rings. The minimum Gasteiger partial charge on any atom is -0.352 e. The zero-order valence-corrected chi connectivity index (χ0v) is 16.8. The van der Waals surface area contributed by atoms with Crippen LogP contribution < -0.4 is 15.4 Å². The van der Waals surface area contributed by atoms with E-state index in [1.807, 2.05) is 0 Å². The quantitative estimate of drug-likeness (QED) is 0.661. The molecular formula is C19H23ClFN3O3S. The number of nitrogens with one attached hydrogen (secondary N) is 3. The van der Waals surface area contributed by atoms with Crippen molar-refractivity contribution in [1.82, 2.24) is 10.6 Å². The molecule has 0 aliphatic carbocycles. The van der Waals surface area contributed by atoms with Crippen molar-refractivity contribution >= 4 is 34.0 Å². The highest BCUT2D eigenvalue weighted by molar-refractivity contribution is 7.92. The van der Waals surface area contributed by atoms with Crippen LogP contribution in [0.3, 0.4) is 0 Å². The molecule has 1 unspecified atom stereocenters. The predicted molar refractivity (Wildman–Crippen MR) is 109 cm³/mol. The summed E-state index contributed by atoms with van der Waals surface area (Å²) < 4.78 is 41.0. The molecule has 0 spiro atoms. The summed E-state index contributed by atoms with van der Waals surface area (Å²) in [5, 5.41) is 6.14. The Bertz CT molecular complexity index is 918. The number of carbonyl (C=O) groups is 1. The molecule has 0 aromatic heterocycles. The molecule has 1 heterocycles. The molecule has 152 valence electrons. The number of rotatable bonds is 6. The van der Waals surface area contributed by atoms with E-state index < -0.39 is 15.8 Å². The molecule has 0 saturated carbocycles. The number of para-hydroxylation sites is 1. The van der Waals surface area contributed by atoms with Crippen LogP contribution in [0, 0.1) is 11.7 Å². The molecule has 6 nitrogen and oxygen atoms in total. The minimum atomic E-state index is -4.01. The van der Waals surface area contributed by atoms with Crippen LogP contribution in [0.4, 0.5) is 10.1 Å². The monoisotopic (exact) mass is 427 g/mol. The third-order valence-corrected chi connectivity index (χ3v) is 5.84. The SMILES string of the molecule is Cl.O=C(NCC1CCCNC1)c1cccc(S(=O)(=O)Nc2ccccc2F)c1. The fourth-order valence-corrected chi connectivity index (χ4v) is 4.10. The average molecular weight is 428 g/mol. The topological polar surface area (TPSA) is 87.3 Å². The van der Waals surface area contributed by atoms with Crippen LogP contribution in [0.15, 0.2) is 53.4 Å². The largest absolute Gasteiger partial charge is 0.352 e. The highest BCUT2D eigenvalue weighted by Crippen LogP contribution is 2.19. The Balaban J connectivity index is 0.00000280. The normalized spacial score (nSPS) is 16.7. The fourth-order valence-electron chi connectivity index (χ4n) is 2.99. The van der Waals surface area contributed by atoms with E-state index >= 15 is 0 Å². The molecule has 28 heavy (non-hydrogen) atoms. The van der Waals surface area contributed by atoms with Crippen molar-refractivity contribution in [2.75, 3.05) is 24.4 Å². The van der Waals surface area contributed by atoms with Crippen molar-refractivity contribution in [2.24, 2.45) is 5.92 Å². The number of halogens is 2. The van der Waals surface area contributed by atoms with Crippen molar-refractivity contribution in [3.05, 3.63) is 59.9 Å². The standard InChI is InChI=1S/C19H22FN3O3S.ClH/c20-17-8-1-2-9-18(17)23-27(25,26)16-7-3-6-15(11-16)19(24)22-13-14-5-4-10-21-12-14;/h1-3,6-9,11,14,21,23H,4-5,10,12-13H2,(H,22,24);1H. The van der Waals surface area contributed by atoms with E-state index in [0.29, 0.717) is 12.5 Å². The van der Waals surface area contributed by atoms with Gasteiger partial charge in [0.1, 0.15) is 5.82 Å². The third kappa shape index (κ3) is 5.67. The van der Waals surface area contributed by atoms with Gasteiger partial charge in [-0.05, 0) is 62.2 Å². The summed E-state index contributed by atoms with van der Waals surface area (Å²) in [6, 6.07) is 11.2. The number of sulfonamides is 1. The van der Waals surface area contributed by atoms with Gasteiger partial charge in [0.15, 0.2) is 0 Å². The molecule has 9 heteroatoms. The third-order valence-electron chi connectivity index (χ3n) is 4.47. The van der Waals surface area contributed by atoms with Gasteiger partial charge in [0.25, 0.3) is 15.9 Å². The van der Waals surface area contributed by atoms with Gasteiger partial charge in [-0.25, -0.2) is 12.8 Å². The summed E-state index contributed by atoms with van der Waals surface area (Å²) in [5.41, 5.74) is 0.104. The zero-order chi connectivity index (χ0) is 19.3. The van der Waals surface area contributed by atoms with Gasteiger partial charge >= 0.3 is 0 Å². The highest BCUT2D eigenvalue weighted by atomic mass is 35.5. The second-order valence-corrected chi connectivity index (χ2v) is 8.22. The van der Waals surface area contributed by atoms with E-state index in [1.54, 1.807) is 6.07 Å². The molecule has 1 atom stereocenters. The van der Waals surface area contributed by atoms with E-state index in [9.17, 15) is 17.6 Å². The molecule has 1 aliphatic heterocycles. The number of piperidine rings is 1. The van der Waals surface area contributed by atoms with E-state index in [-0.39, 0.29) is 34.5 Å². The molecule has 0 radical (unpaired) electrons. The Morgan fingerprint density at radius 2 is 1.96 bits per heavy atom. The first-order chi connectivity index (χ1) is 13.0. The van der Waals surface area contributed by atoms with Gasteiger partial charge in [0, 0.05) is 12.1 Å². The summed E-state index contributed by atoms with van der Waals surface area (Å²) in [4.78, 5) is 12.3. The highest BCUT2D eigenvalue weighted by Gasteiger charge is 2.19. The number of hydrogen-bond donors (Lipinski definition) is 3. The van der Waals surface area contributed by atoms with Gasteiger partial charge in [-0.15, -0.1) is 12.4 Å². The summed E-state index contributed by atoms with van der Waals surface area (Å²) in [5.74, 6) is -0.628. The fraction of sp³-hybridized carbons (Fsp3) is 0.316. The van der Waals surface area contributed by atoms with Gasteiger partial charge < -0.3 is 10.6 Å². The Morgan fingerprint density at radius 1 is 1.18 bits per heavy atom. The molecule has 3 rings (SSSR count). The van der Waals surface area contributed by atoms with Crippen molar-refractivity contribution in [1.29, 1.82) is 0 Å². The van der Waals surface area contributed by atoms with Gasteiger partial charge in [-0.2, -0.15) is 0 Å². The molecule has 2 aromatic carbocycles. The van der Waals surface area contributed by atoms with Gasteiger partial charge in [0.2, 0.25) is 0 Å². The molecule has 1 amide bonds. The van der Waals surface area contributed by atoms with Gasteiger partial charge in [0.05, 0.1) is 10.6 Å². The number of benzene rings is 2. The molecule has 0 bridgehead atoms. The maximum Gasteiger partial charge on any atom is 0.262 e. The van der Waals surface area contributed by atoms with Gasteiger partial charge in [-0.1, -0.05) is 18.2 Å². The molecule has 3 N–H and O–H groups in total. The number of amides is 1. The van der Waals surface area contributed by atoms with Crippen LogP contribution in [0.2, 0.25) is 0 Å². The van der Waals surface area contributed by atoms with Crippen molar-refractivity contribution < 1.29 is 17.6 Å². The Morgan fingerprint density at radius 3 is 2.68 bits per heavy atom. The van der Waals surface area contributed by atoms with E-state index in [2.05, 4.69) is 15.4 Å². The molecule has 1 aliphatic rings.